The largest absolute Gasteiger partial charge is 0 e. The van der Waals surface area contributed by atoms with Crippen LogP contribution in [0.5, 0.6) is 0 Å². The normalized spacial score (nSPS) is 1.25. The van der Waals surface area contributed by atoms with Crippen molar-refractivity contribution in [1.29, 1.82) is 0 Å². The van der Waals surface area contributed by atoms with Crippen molar-refractivity contribution in [3.05, 3.63) is 0 Å². The topological polar surface area (TPSA) is 0 Å². The molecular formula is CH4CoLiSe. The Hall–Kier alpha value is 1.62. The van der Waals surface area contributed by atoms with Crippen molar-refractivity contribution in [1.82, 2.24) is 0 Å². The molecule has 0 aliphatic carbocycles. The van der Waals surface area contributed by atoms with Gasteiger partial charge in [0, 0.05) is 18.9 Å². The van der Waals surface area contributed by atoms with Gasteiger partial charge >= 0.3 is 27.1 Å². The number of hydrogen-bond acceptors (Lipinski definition) is 0. The fraction of sp³-hybridized carbons (Fsp3) is 1.00. The summed E-state index contributed by atoms with van der Waals surface area (Å²) in [4.78, 5) is 0. The summed E-state index contributed by atoms with van der Waals surface area (Å²) in [6.07, 6.45) is 0. The van der Waals surface area contributed by atoms with Gasteiger partial charge in [-0.15, -0.1) is 0 Å². The molecule has 0 nitrogen and oxygen atoms in total. The van der Waals surface area contributed by atoms with Gasteiger partial charge in [0.15, 0.2) is 0 Å². The Labute approximate surface area is 53.2 Å². The smallest absolute Gasteiger partial charge is 0 e. The van der Waals surface area contributed by atoms with Gasteiger partial charge in [-0.2, -0.15) is 0 Å². The average Bonchev–Trinajstić information content (AvgIpc) is 1.00. The first-order valence-electron chi connectivity index (χ1n) is 0.136. The first-order chi connectivity index (χ1) is 1.00. The zero-order valence-electron chi connectivity index (χ0n) is 1.74. The van der Waals surface area contributed by atoms with E-state index in [1.807, 2.05) is 0 Å². The summed E-state index contributed by atoms with van der Waals surface area (Å²) in [5.74, 6) is 0. The average molecular weight is 161 g/mol. The van der Waals surface area contributed by atoms with E-state index in [-0.39, 0.29) is 26.3 Å². The van der Waals surface area contributed by atoms with Gasteiger partial charge in [-0.3, -0.25) is 0 Å². The molecule has 0 aromatic rings. The predicted octanol–water partition coefficient (Wildman–Crippen LogP) is -0.128. The molecule has 0 saturated heterocycles. The fourth-order valence-electron chi connectivity index (χ4n) is 0. The van der Waals surface area contributed by atoms with Crippen molar-refractivity contribution >= 4 is 32.6 Å². The van der Waals surface area contributed by atoms with Crippen LogP contribution in [0, 0.1) is 0 Å². The summed E-state index contributed by atoms with van der Waals surface area (Å²) in [6.45, 7) is 0. The molecule has 0 spiro atoms. The van der Waals surface area contributed by atoms with Crippen LogP contribution in [0.4, 0.5) is 0 Å². The first-order valence-corrected chi connectivity index (χ1v) is 2.92. The van der Waals surface area contributed by atoms with Crippen LogP contribution in [-0.4, -0.2) is 32.6 Å². The third-order valence-corrected chi connectivity index (χ3v) is 0. The van der Waals surface area contributed by atoms with Gasteiger partial charge in [-0.1, -0.05) is 7.43 Å². The predicted molar refractivity (Wildman–Crippen MR) is 18.2 cm³/mol. The molecule has 0 aromatic heterocycles. The molecule has 0 bridgehead atoms. The molecular weight excluding hydrogens is 157 g/mol. The molecule has 4 heavy (non-hydrogen) atoms. The van der Waals surface area contributed by atoms with E-state index in [0.717, 1.165) is 0 Å². The second kappa shape index (κ2) is 23.0. The quantitative estimate of drug-likeness (QED) is 0.434. The van der Waals surface area contributed by atoms with Gasteiger partial charge in [-0.05, 0) is 0 Å². The SMILES string of the molecule is C.[Co]=[Se].[Li]. The Balaban J connectivity index is -0.00000000500. The molecule has 0 aromatic carbocycles. The third kappa shape index (κ3) is 9.46. The van der Waals surface area contributed by atoms with Gasteiger partial charge in [-0.25, -0.2) is 0 Å². The molecule has 24 valence electrons. The monoisotopic (exact) mass is 162 g/mol. The minimum absolute atomic E-state index is 0. The van der Waals surface area contributed by atoms with Crippen molar-refractivity contribution in [3.63, 3.8) is 0 Å². The molecule has 0 atom stereocenters. The van der Waals surface area contributed by atoms with Crippen molar-refractivity contribution in [2.75, 3.05) is 0 Å². The summed E-state index contributed by atoms with van der Waals surface area (Å²) < 4.78 is 0. The van der Waals surface area contributed by atoms with Crippen molar-refractivity contribution in [2.45, 2.75) is 7.43 Å². The van der Waals surface area contributed by atoms with E-state index in [2.05, 4.69) is 27.1 Å². The Morgan fingerprint density at radius 3 is 1.25 bits per heavy atom. The van der Waals surface area contributed by atoms with E-state index < -0.39 is 0 Å². The third-order valence-electron chi connectivity index (χ3n) is 0. The standard InChI is InChI=1S/CH4.Co.Li.Se/h1H4;;;. The fourth-order valence-corrected chi connectivity index (χ4v) is 0. The van der Waals surface area contributed by atoms with E-state index in [1.165, 1.54) is 0 Å². The Morgan fingerprint density at radius 2 is 1.25 bits per heavy atom. The van der Waals surface area contributed by atoms with E-state index in [1.54, 1.807) is 0 Å². The van der Waals surface area contributed by atoms with Gasteiger partial charge in [0.05, 0.1) is 0 Å². The molecule has 0 heterocycles. The Morgan fingerprint density at radius 1 is 1.25 bits per heavy atom. The summed E-state index contributed by atoms with van der Waals surface area (Å²) in [6, 6.07) is 0. The summed E-state index contributed by atoms with van der Waals surface area (Å²) in [5, 5.41) is 0. The second-order valence-electron chi connectivity index (χ2n) is 0. The van der Waals surface area contributed by atoms with Gasteiger partial charge in [0.2, 0.25) is 0 Å². The van der Waals surface area contributed by atoms with Crippen LogP contribution in [0.15, 0.2) is 0 Å². The molecule has 0 aliphatic rings. The van der Waals surface area contributed by atoms with Crippen molar-refractivity contribution in [2.24, 2.45) is 0 Å². The molecule has 0 amide bonds. The molecule has 0 saturated carbocycles. The van der Waals surface area contributed by atoms with Crippen LogP contribution >= 0.6 is 0 Å². The zero-order valence-corrected chi connectivity index (χ0v) is 4.50. The molecule has 0 N–H and O–H groups in total. The van der Waals surface area contributed by atoms with Crippen molar-refractivity contribution < 1.29 is 13.4 Å². The van der Waals surface area contributed by atoms with Gasteiger partial charge in [0.1, 0.15) is 0 Å². The van der Waals surface area contributed by atoms with E-state index >= 15 is 0 Å². The molecule has 0 rings (SSSR count). The molecule has 0 fully saturated rings. The number of rotatable bonds is 0. The molecule has 0 unspecified atom stereocenters. The molecule has 1 radical (unpaired) electrons. The number of hydrogen-bond donors (Lipinski definition) is 0. The van der Waals surface area contributed by atoms with E-state index in [9.17, 15) is 0 Å². The summed E-state index contributed by atoms with van der Waals surface area (Å²) in [5.41, 5.74) is 0. The van der Waals surface area contributed by atoms with Crippen LogP contribution < -0.4 is 0 Å². The van der Waals surface area contributed by atoms with Gasteiger partial charge in [0.25, 0.3) is 0 Å². The summed E-state index contributed by atoms with van der Waals surface area (Å²) in [7, 11) is 0. The minimum atomic E-state index is 0. The molecule has 3 heteroatoms. The van der Waals surface area contributed by atoms with Crippen molar-refractivity contribution in [3.8, 4) is 0 Å². The maximum atomic E-state index is 3.44. The maximum Gasteiger partial charge on any atom is 0 e. The first kappa shape index (κ1) is 17.5. The van der Waals surface area contributed by atoms with Crippen LogP contribution in [0.3, 0.4) is 0 Å². The Bertz CT molecular complexity index is 8.00. The van der Waals surface area contributed by atoms with Crippen LogP contribution in [0.2, 0.25) is 0 Å². The minimum Gasteiger partial charge on any atom is 0 e. The van der Waals surface area contributed by atoms with Crippen LogP contribution in [-0.2, 0) is 13.4 Å². The second-order valence-corrected chi connectivity index (χ2v) is 0. The van der Waals surface area contributed by atoms with Crippen LogP contribution in [0.25, 0.3) is 0 Å². The van der Waals surface area contributed by atoms with Gasteiger partial charge < -0.3 is 0 Å². The Kier molecular flexibility index (Phi) is 101. The van der Waals surface area contributed by atoms with E-state index in [4.69, 9.17) is 0 Å². The maximum absolute atomic E-state index is 3.44. The zero-order chi connectivity index (χ0) is 2.00. The van der Waals surface area contributed by atoms with E-state index in [0.29, 0.717) is 0 Å². The summed E-state index contributed by atoms with van der Waals surface area (Å²) >= 11 is 5.75. The molecule has 0 aliphatic heterocycles. The van der Waals surface area contributed by atoms with Crippen LogP contribution in [0.1, 0.15) is 7.43 Å².